The Morgan fingerprint density at radius 1 is 1.22 bits per heavy atom. The third-order valence-electron chi connectivity index (χ3n) is 5.43. The monoisotopic (exact) mass is 388 g/mol. The number of methoxy groups -OCH3 is 1. The van der Waals surface area contributed by atoms with E-state index in [9.17, 15) is 30.0 Å². The van der Waals surface area contributed by atoms with E-state index in [0.717, 1.165) is 6.26 Å². The van der Waals surface area contributed by atoms with Gasteiger partial charge in [-0.15, -0.1) is 0 Å². The molecule has 10 heteroatoms. The first-order chi connectivity index (χ1) is 12.8. The Labute approximate surface area is 155 Å². The van der Waals surface area contributed by atoms with Crippen LogP contribution in [0.4, 0.5) is 0 Å². The van der Waals surface area contributed by atoms with Gasteiger partial charge in [0, 0.05) is 12.3 Å². The van der Waals surface area contributed by atoms with Crippen LogP contribution in [0.25, 0.3) is 0 Å². The lowest BCUT2D eigenvalue weighted by Gasteiger charge is -2.42. The van der Waals surface area contributed by atoms with Crippen LogP contribution in [0.5, 0.6) is 0 Å². The van der Waals surface area contributed by atoms with E-state index in [1.165, 1.54) is 7.11 Å². The van der Waals surface area contributed by atoms with Crippen molar-refractivity contribution in [3.05, 3.63) is 11.8 Å². The summed E-state index contributed by atoms with van der Waals surface area (Å²) < 4.78 is 21.2. The van der Waals surface area contributed by atoms with Gasteiger partial charge in [0.2, 0.25) is 6.29 Å². The number of aliphatic hydroxyl groups excluding tert-OH is 4. The molecule has 10 nitrogen and oxygen atoms in total. The number of Topliss-reactive ketones (excluding diaryl/α,β-unsaturated/α-hetero) is 1. The predicted octanol–water partition coefficient (Wildman–Crippen LogP) is -1.94. The third kappa shape index (κ3) is 3.48. The molecule has 2 fully saturated rings. The van der Waals surface area contributed by atoms with Crippen LogP contribution in [0.15, 0.2) is 11.8 Å². The topological polar surface area (TPSA) is 152 Å². The van der Waals surface area contributed by atoms with E-state index < -0.39 is 61.4 Å². The summed E-state index contributed by atoms with van der Waals surface area (Å²) in [5.41, 5.74) is 0.102. The van der Waals surface area contributed by atoms with Crippen LogP contribution in [-0.2, 0) is 28.5 Å². The number of carbonyl (C=O) groups is 2. The Hall–Kier alpha value is -1.56. The van der Waals surface area contributed by atoms with Crippen LogP contribution in [0, 0.1) is 17.8 Å². The molecule has 2 aliphatic heterocycles. The van der Waals surface area contributed by atoms with Gasteiger partial charge in [-0.05, 0) is 5.92 Å². The zero-order valence-corrected chi connectivity index (χ0v) is 14.9. The summed E-state index contributed by atoms with van der Waals surface area (Å²) in [5.74, 6) is -2.28. The summed E-state index contributed by atoms with van der Waals surface area (Å²) in [7, 11) is 1.21. The third-order valence-corrected chi connectivity index (χ3v) is 5.43. The molecule has 0 amide bonds. The maximum Gasteiger partial charge on any atom is 0.337 e. The van der Waals surface area contributed by atoms with Gasteiger partial charge in [-0.3, -0.25) is 4.79 Å². The average Bonchev–Trinajstić information content (AvgIpc) is 2.96. The molecule has 27 heavy (non-hydrogen) atoms. The van der Waals surface area contributed by atoms with Gasteiger partial charge < -0.3 is 39.4 Å². The van der Waals surface area contributed by atoms with E-state index in [-0.39, 0.29) is 23.7 Å². The summed E-state index contributed by atoms with van der Waals surface area (Å²) in [6, 6.07) is 0. The van der Waals surface area contributed by atoms with Crippen molar-refractivity contribution >= 4 is 11.8 Å². The molecule has 1 saturated carbocycles. The Morgan fingerprint density at radius 2 is 1.93 bits per heavy atom. The minimum Gasteiger partial charge on any atom is -0.472 e. The summed E-state index contributed by atoms with van der Waals surface area (Å²) in [4.78, 5) is 24.4. The fourth-order valence-electron chi connectivity index (χ4n) is 3.96. The van der Waals surface area contributed by atoms with Gasteiger partial charge in [-0.25, -0.2) is 4.79 Å². The Balaban J connectivity index is 1.82. The van der Waals surface area contributed by atoms with Crippen LogP contribution in [0.3, 0.4) is 0 Å². The van der Waals surface area contributed by atoms with Crippen LogP contribution in [0.1, 0.15) is 13.3 Å². The van der Waals surface area contributed by atoms with Gasteiger partial charge in [0.1, 0.15) is 30.2 Å². The molecule has 152 valence electrons. The highest BCUT2D eigenvalue weighted by Crippen LogP contribution is 2.45. The molecule has 9 atom stereocenters. The molecule has 1 aliphatic carbocycles. The first-order valence-corrected chi connectivity index (χ1v) is 8.72. The van der Waals surface area contributed by atoms with E-state index in [2.05, 4.69) is 0 Å². The molecular weight excluding hydrogens is 364 g/mol. The summed E-state index contributed by atoms with van der Waals surface area (Å²) in [5, 5.41) is 39.1. The zero-order valence-electron chi connectivity index (χ0n) is 14.9. The number of aliphatic hydroxyl groups is 4. The van der Waals surface area contributed by atoms with Gasteiger partial charge >= 0.3 is 5.97 Å². The molecule has 0 radical (unpaired) electrons. The van der Waals surface area contributed by atoms with Gasteiger partial charge in [-0.2, -0.15) is 0 Å². The number of hydrogen-bond acceptors (Lipinski definition) is 10. The van der Waals surface area contributed by atoms with Crippen molar-refractivity contribution in [1.82, 2.24) is 0 Å². The molecule has 1 unspecified atom stereocenters. The number of carbonyl (C=O) groups excluding carboxylic acids is 2. The smallest absolute Gasteiger partial charge is 0.337 e. The largest absolute Gasteiger partial charge is 0.472 e. The normalized spacial score (nSPS) is 44.3. The Morgan fingerprint density at radius 3 is 2.56 bits per heavy atom. The zero-order chi connectivity index (χ0) is 19.9. The second-order valence-electron chi connectivity index (χ2n) is 7.11. The lowest BCUT2D eigenvalue weighted by Crippen LogP contribution is -2.60. The average molecular weight is 388 g/mol. The van der Waals surface area contributed by atoms with E-state index in [1.54, 1.807) is 0 Å². The van der Waals surface area contributed by atoms with Crippen LogP contribution < -0.4 is 0 Å². The first kappa shape index (κ1) is 20.2. The summed E-state index contributed by atoms with van der Waals surface area (Å²) in [6.45, 7) is 1.22. The SMILES string of the molecule is COC(=O)C1=CO[C@H](O[C@H]2O[C@H](CO)[C@@H](O)[C@@H](O)[C@H]2O)[C@@H]2C(C)CC(=O)[C@H]12. The molecule has 1 saturated heterocycles. The van der Waals surface area contributed by atoms with Gasteiger partial charge in [0.25, 0.3) is 0 Å². The van der Waals surface area contributed by atoms with Gasteiger partial charge in [0.05, 0.1) is 31.5 Å². The molecule has 3 rings (SSSR count). The maximum atomic E-state index is 12.4. The highest BCUT2D eigenvalue weighted by Gasteiger charge is 2.54. The molecule has 0 spiro atoms. The summed E-state index contributed by atoms with van der Waals surface area (Å²) in [6.07, 6.45) is -6.93. The number of rotatable bonds is 4. The number of ketones is 1. The quantitative estimate of drug-likeness (QED) is 0.400. The van der Waals surface area contributed by atoms with E-state index in [4.69, 9.17) is 18.9 Å². The Bertz CT molecular complexity index is 617. The lowest BCUT2D eigenvalue weighted by molar-refractivity contribution is -0.342. The summed E-state index contributed by atoms with van der Waals surface area (Å²) >= 11 is 0. The van der Waals surface area contributed by atoms with Crippen LogP contribution in [0.2, 0.25) is 0 Å². The van der Waals surface area contributed by atoms with E-state index in [1.807, 2.05) is 6.92 Å². The fourth-order valence-corrected chi connectivity index (χ4v) is 3.96. The van der Waals surface area contributed by atoms with Crippen molar-refractivity contribution in [2.24, 2.45) is 17.8 Å². The van der Waals surface area contributed by atoms with Crippen LogP contribution >= 0.6 is 0 Å². The van der Waals surface area contributed by atoms with E-state index >= 15 is 0 Å². The Kier molecular flexibility index (Phi) is 5.84. The first-order valence-electron chi connectivity index (χ1n) is 8.72. The highest BCUT2D eigenvalue weighted by atomic mass is 16.8. The second-order valence-corrected chi connectivity index (χ2v) is 7.11. The van der Waals surface area contributed by atoms with E-state index in [0.29, 0.717) is 0 Å². The van der Waals surface area contributed by atoms with Crippen molar-refractivity contribution in [1.29, 1.82) is 0 Å². The van der Waals surface area contributed by atoms with Gasteiger partial charge in [-0.1, -0.05) is 6.92 Å². The predicted molar refractivity (Wildman–Crippen MR) is 85.6 cm³/mol. The standard InChI is InChI=1S/C17H24O10/c1-6-3-8(19)11-7(15(23)24-2)5-25-16(10(6)11)27-17-14(22)13(21)12(20)9(4-18)26-17/h5-6,9-14,16-18,20-22H,3-4H2,1-2H3/t6?,9-,10-,11+,12-,13-,14-,16-,17-/m1/s1. The van der Waals surface area contributed by atoms with Gasteiger partial charge in [0.15, 0.2) is 6.29 Å². The van der Waals surface area contributed by atoms with Crippen molar-refractivity contribution in [2.45, 2.75) is 50.3 Å². The number of fused-ring (bicyclic) bond motifs is 1. The van der Waals surface area contributed by atoms with Crippen molar-refractivity contribution < 1.29 is 49.0 Å². The number of esters is 1. The fraction of sp³-hybridized carbons (Fsp3) is 0.765. The minimum absolute atomic E-state index is 0.102. The molecule has 4 N–H and O–H groups in total. The van der Waals surface area contributed by atoms with Crippen molar-refractivity contribution in [3.63, 3.8) is 0 Å². The molecule has 0 aromatic rings. The lowest BCUT2D eigenvalue weighted by atomic mass is 9.83. The maximum absolute atomic E-state index is 12.4. The molecular formula is C17H24O10. The van der Waals surface area contributed by atoms with Crippen molar-refractivity contribution in [3.8, 4) is 0 Å². The molecule has 2 heterocycles. The number of hydrogen-bond donors (Lipinski definition) is 4. The molecule has 0 aromatic heterocycles. The highest BCUT2D eigenvalue weighted by molar-refractivity contribution is 5.99. The van der Waals surface area contributed by atoms with Crippen molar-refractivity contribution in [2.75, 3.05) is 13.7 Å². The molecule has 3 aliphatic rings. The molecule has 0 aromatic carbocycles. The number of ether oxygens (including phenoxy) is 4. The molecule has 0 bridgehead atoms. The minimum atomic E-state index is -1.59. The van der Waals surface area contributed by atoms with Crippen LogP contribution in [-0.4, -0.2) is 82.9 Å². The second kappa shape index (κ2) is 7.82.